The van der Waals surface area contributed by atoms with Gasteiger partial charge in [0.1, 0.15) is 5.82 Å². The van der Waals surface area contributed by atoms with Crippen molar-refractivity contribution in [3.8, 4) is 0 Å². The predicted octanol–water partition coefficient (Wildman–Crippen LogP) is 3.02. The molecule has 0 fully saturated rings. The molecule has 0 aromatic carbocycles. The van der Waals surface area contributed by atoms with Crippen LogP contribution in [0.5, 0.6) is 0 Å². The molecule has 0 aliphatic rings. The lowest BCUT2D eigenvalue weighted by atomic mass is 10.8. The summed E-state index contributed by atoms with van der Waals surface area (Å²) in [5.74, 6) is 0.968. The van der Waals surface area contributed by atoms with Gasteiger partial charge < -0.3 is 4.98 Å². The molecule has 0 amide bonds. The van der Waals surface area contributed by atoms with E-state index in [1.54, 1.807) is 12.4 Å². The first kappa shape index (κ1) is 11.9. The third-order valence-corrected chi connectivity index (χ3v) is 0.635. The number of imidazole rings is 1. The Labute approximate surface area is 65.2 Å². The summed E-state index contributed by atoms with van der Waals surface area (Å²) in [6.07, 6.45) is 3.53. The predicted molar refractivity (Wildman–Crippen MR) is 48.1 cm³/mol. The van der Waals surface area contributed by atoms with Gasteiger partial charge in [0.15, 0.2) is 0 Å². The topological polar surface area (TPSA) is 28.7 Å². The number of nitrogens with one attached hydrogen (secondary N) is 1. The third kappa shape index (κ3) is 7.21. The van der Waals surface area contributed by atoms with Crippen molar-refractivity contribution in [1.82, 2.24) is 9.97 Å². The van der Waals surface area contributed by atoms with E-state index in [2.05, 4.69) is 9.97 Å². The number of aryl methyl sites for hydroxylation is 1. The zero-order valence-electron chi connectivity index (χ0n) is 7.60. The van der Waals surface area contributed by atoms with E-state index in [1.807, 2.05) is 34.6 Å². The smallest absolute Gasteiger partial charge is 0.102 e. The Morgan fingerprint density at radius 2 is 1.80 bits per heavy atom. The summed E-state index contributed by atoms with van der Waals surface area (Å²) in [4.78, 5) is 6.75. The molecule has 0 bridgehead atoms. The summed E-state index contributed by atoms with van der Waals surface area (Å²) in [6.45, 7) is 9.92. The van der Waals surface area contributed by atoms with Crippen molar-refractivity contribution in [3.63, 3.8) is 0 Å². The first-order chi connectivity index (χ1) is 4.89. The third-order valence-electron chi connectivity index (χ3n) is 0.635. The average molecular weight is 144 g/mol. The van der Waals surface area contributed by atoms with Crippen molar-refractivity contribution in [2.75, 3.05) is 0 Å². The normalized spacial score (nSPS) is 6.50. The molecule has 1 aromatic rings. The highest BCUT2D eigenvalue weighted by Gasteiger charge is 1.73. The molecule has 0 saturated carbocycles. The van der Waals surface area contributed by atoms with E-state index in [0.717, 1.165) is 5.82 Å². The van der Waals surface area contributed by atoms with E-state index in [4.69, 9.17) is 0 Å². The lowest BCUT2D eigenvalue weighted by molar-refractivity contribution is 1.15. The molecule has 1 aromatic heterocycles. The standard InChI is InChI=1S/C4H6N2.2C2H6.H2/c1-4-5-2-3-6-4;2*1-2;/h2-3H,1H3,(H,5,6);2*1-2H3;1H. The van der Waals surface area contributed by atoms with Crippen molar-refractivity contribution >= 4 is 0 Å². The van der Waals surface area contributed by atoms with Gasteiger partial charge in [-0.2, -0.15) is 0 Å². The molecule has 0 aliphatic heterocycles. The van der Waals surface area contributed by atoms with E-state index in [-0.39, 0.29) is 1.43 Å². The zero-order valence-corrected chi connectivity index (χ0v) is 7.60. The maximum Gasteiger partial charge on any atom is 0.102 e. The quantitative estimate of drug-likeness (QED) is 0.595. The first-order valence-electron chi connectivity index (χ1n) is 3.85. The number of aromatic amines is 1. The second kappa shape index (κ2) is 11.1. The monoisotopic (exact) mass is 144 g/mol. The minimum Gasteiger partial charge on any atom is -0.349 e. The molecule has 1 heterocycles. The second-order valence-corrected chi connectivity index (χ2v) is 1.17. The molecule has 1 N–H and O–H groups in total. The van der Waals surface area contributed by atoms with Crippen LogP contribution in [0, 0.1) is 6.92 Å². The maximum atomic E-state index is 3.86. The zero-order chi connectivity index (χ0) is 8.41. The molecule has 0 spiro atoms. The maximum absolute atomic E-state index is 3.86. The van der Waals surface area contributed by atoms with Crippen molar-refractivity contribution in [2.45, 2.75) is 34.6 Å². The number of nitrogens with zero attached hydrogens (tertiary/aromatic N) is 1. The number of rotatable bonds is 0. The van der Waals surface area contributed by atoms with Gasteiger partial charge in [-0.15, -0.1) is 0 Å². The van der Waals surface area contributed by atoms with E-state index in [1.165, 1.54) is 0 Å². The van der Waals surface area contributed by atoms with E-state index in [0.29, 0.717) is 0 Å². The number of H-pyrrole nitrogens is 1. The summed E-state index contributed by atoms with van der Waals surface area (Å²) in [5.41, 5.74) is 0. The Bertz CT molecular complexity index is 116. The fourth-order valence-electron chi connectivity index (χ4n) is 0.344. The van der Waals surface area contributed by atoms with Gasteiger partial charge in [0, 0.05) is 13.8 Å². The highest BCUT2D eigenvalue weighted by atomic mass is 14.9. The van der Waals surface area contributed by atoms with Gasteiger partial charge in [0.25, 0.3) is 0 Å². The summed E-state index contributed by atoms with van der Waals surface area (Å²) >= 11 is 0. The lowest BCUT2D eigenvalue weighted by Gasteiger charge is -1.68. The van der Waals surface area contributed by atoms with Crippen LogP contribution in [0.15, 0.2) is 12.4 Å². The first-order valence-corrected chi connectivity index (χ1v) is 3.85. The molecular formula is C8H20N2. The van der Waals surface area contributed by atoms with E-state index in [9.17, 15) is 0 Å². The van der Waals surface area contributed by atoms with Crippen LogP contribution in [-0.4, -0.2) is 9.97 Å². The van der Waals surface area contributed by atoms with Crippen LogP contribution in [0.4, 0.5) is 0 Å². The molecule has 62 valence electrons. The van der Waals surface area contributed by atoms with Crippen LogP contribution in [0.3, 0.4) is 0 Å². The number of aromatic nitrogens is 2. The van der Waals surface area contributed by atoms with Gasteiger partial charge >= 0.3 is 0 Å². The number of hydrogen-bond donors (Lipinski definition) is 1. The molecule has 0 radical (unpaired) electrons. The lowest BCUT2D eigenvalue weighted by Crippen LogP contribution is -1.66. The fourth-order valence-corrected chi connectivity index (χ4v) is 0.344. The van der Waals surface area contributed by atoms with Crippen LogP contribution in [-0.2, 0) is 0 Å². The molecule has 0 saturated heterocycles. The molecule has 10 heavy (non-hydrogen) atoms. The second-order valence-electron chi connectivity index (χ2n) is 1.17. The van der Waals surface area contributed by atoms with Gasteiger partial charge in [-0.25, -0.2) is 4.98 Å². The molecule has 1 rings (SSSR count). The molecule has 0 unspecified atom stereocenters. The highest BCUT2D eigenvalue weighted by molar-refractivity contribution is 4.80. The Kier molecular flexibility index (Phi) is 13.2. The SMILES string of the molecule is CC.CC.Cc1ncc[nH]1.[HH]. The van der Waals surface area contributed by atoms with Crippen molar-refractivity contribution < 1.29 is 1.43 Å². The Morgan fingerprint density at radius 3 is 1.90 bits per heavy atom. The van der Waals surface area contributed by atoms with E-state index < -0.39 is 0 Å². The highest BCUT2D eigenvalue weighted by Crippen LogP contribution is 1.78. The van der Waals surface area contributed by atoms with Gasteiger partial charge in [0.2, 0.25) is 0 Å². The molecule has 0 aliphatic carbocycles. The number of hydrogen-bond acceptors (Lipinski definition) is 1. The summed E-state index contributed by atoms with van der Waals surface area (Å²) in [7, 11) is 0. The van der Waals surface area contributed by atoms with Crippen LogP contribution in [0.1, 0.15) is 34.9 Å². The van der Waals surface area contributed by atoms with Crippen molar-refractivity contribution in [2.24, 2.45) is 0 Å². The minimum atomic E-state index is 0. The van der Waals surface area contributed by atoms with Crippen LogP contribution in [0.25, 0.3) is 0 Å². The molecule has 0 atom stereocenters. The van der Waals surface area contributed by atoms with Gasteiger partial charge in [-0.1, -0.05) is 27.7 Å². The van der Waals surface area contributed by atoms with Gasteiger partial charge in [0.05, 0.1) is 0 Å². The van der Waals surface area contributed by atoms with Gasteiger partial charge in [-0.05, 0) is 6.92 Å². The Morgan fingerprint density at radius 1 is 1.30 bits per heavy atom. The average Bonchev–Trinajstić information content (AvgIpc) is 2.48. The molecule has 2 nitrogen and oxygen atoms in total. The Balaban J connectivity index is -0.000000114. The van der Waals surface area contributed by atoms with Gasteiger partial charge in [-0.3, -0.25) is 0 Å². The van der Waals surface area contributed by atoms with Crippen LogP contribution >= 0.6 is 0 Å². The Hall–Kier alpha value is -0.790. The van der Waals surface area contributed by atoms with Crippen molar-refractivity contribution in [3.05, 3.63) is 18.2 Å². The minimum absolute atomic E-state index is 0. The van der Waals surface area contributed by atoms with Crippen molar-refractivity contribution in [1.29, 1.82) is 0 Å². The van der Waals surface area contributed by atoms with E-state index >= 15 is 0 Å². The largest absolute Gasteiger partial charge is 0.349 e. The van der Waals surface area contributed by atoms with Crippen LogP contribution in [0.2, 0.25) is 0 Å². The molecular weight excluding hydrogens is 124 g/mol. The summed E-state index contributed by atoms with van der Waals surface area (Å²) in [6, 6.07) is 0. The molecule has 2 heteroatoms. The summed E-state index contributed by atoms with van der Waals surface area (Å²) in [5, 5.41) is 0. The summed E-state index contributed by atoms with van der Waals surface area (Å²) < 4.78 is 0. The van der Waals surface area contributed by atoms with Crippen LogP contribution < -0.4 is 0 Å². The fraction of sp³-hybridized carbons (Fsp3) is 0.625.